The third-order valence-electron chi connectivity index (χ3n) is 6.08. The van der Waals surface area contributed by atoms with E-state index < -0.39 is 0 Å². The van der Waals surface area contributed by atoms with Crippen LogP contribution in [0.15, 0.2) is 36.5 Å². The van der Waals surface area contributed by atoms with Crippen molar-refractivity contribution in [2.45, 2.75) is 64.1 Å². The molecule has 2 aliphatic rings. The van der Waals surface area contributed by atoms with E-state index in [0.29, 0.717) is 19.2 Å². The lowest BCUT2D eigenvalue weighted by molar-refractivity contribution is -0.0846. The molecule has 5 heteroatoms. The Morgan fingerprint density at radius 2 is 1.89 bits per heavy atom. The summed E-state index contributed by atoms with van der Waals surface area (Å²) >= 11 is 0. The van der Waals surface area contributed by atoms with Crippen LogP contribution in [0.2, 0.25) is 0 Å². The average molecular weight is 367 g/mol. The fourth-order valence-corrected chi connectivity index (χ4v) is 4.37. The number of benzene rings is 1. The van der Waals surface area contributed by atoms with E-state index in [1.165, 1.54) is 12.8 Å². The zero-order valence-electron chi connectivity index (χ0n) is 16.5. The van der Waals surface area contributed by atoms with Gasteiger partial charge in [0, 0.05) is 5.69 Å². The van der Waals surface area contributed by atoms with Crippen LogP contribution in [0.5, 0.6) is 0 Å². The van der Waals surface area contributed by atoms with Crippen molar-refractivity contribution in [2.75, 3.05) is 13.2 Å². The number of hydrogen-bond donors (Lipinski definition) is 0. The normalized spacial score (nSPS) is 22.9. The number of aromatic nitrogens is 2. The first kappa shape index (κ1) is 18.2. The summed E-state index contributed by atoms with van der Waals surface area (Å²) in [5.41, 5.74) is 2.49. The van der Waals surface area contributed by atoms with Crippen LogP contribution in [0.25, 0.3) is 0 Å². The smallest absolute Gasteiger partial charge is 0.257 e. The van der Waals surface area contributed by atoms with Crippen LogP contribution in [0.3, 0.4) is 0 Å². The maximum atomic E-state index is 13.5. The molecule has 144 valence electrons. The monoisotopic (exact) mass is 367 g/mol. The Hall–Kier alpha value is -2.14. The van der Waals surface area contributed by atoms with Gasteiger partial charge in [0.2, 0.25) is 0 Å². The number of rotatable bonds is 3. The van der Waals surface area contributed by atoms with Gasteiger partial charge >= 0.3 is 0 Å². The molecule has 1 aliphatic heterocycles. The van der Waals surface area contributed by atoms with Gasteiger partial charge in [-0.1, -0.05) is 43.2 Å². The van der Waals surface area contributed by atoms with Crippen molar-refractivity contribution in [3.05, 3.63) is 53.3 Å². The Bertz CT molecular complexity index is 806. The first-order chi connectivity index (χ1) is 13.0. The van der Waals surface area contributed by atoms with E-state index in [0.717, 1.165) is 29.7 Å². The minimum Gasteiger partial charge on any atom is -0.369 e. The van der Waals surface area contributed by atoms with E-state index in [-0.39, 0.29) is 17.6 Å². The van der Waals surface area contributed by atoms with Gasteiger partial charge in [-0.05, 0) is 39.2 Å². The predicted molar refractivity (Wildman–Crippen MR) is 105 cm³/mol. The summed E-state index contributed by atoms with van der Waals surface area (Å²) < 4.78 is 8.17. The third-order valence-corrected chi connectivity index (χ3v) is 6.08. The number of carbonyl (C=O) groups excluding carboxylic acids is 1. The van der Waals surface area contributed by atoms with Gasteiger partial charge < -0.3 is 9.64 Å². The van der Waals surface area contributed by atoms with Crippen LogP contribution < -0.4 is 0 Å². The van der Waals surface area contributed by atoms with Crippen molar-refractivity contribution in [3.63, 3.8) is 0 Å². The Labute approximate surface area is 161 Å². The Morgan fingerprint density at radius 3 is 2.59 bits per heavy atom. The first-order valence-corrected chi connectivity index (χ1v) is 10.00. The van der Waals surface area contributed by atoms with Gasteiger partial charge in [-0.15, -0.1) is 0 Å². The number of nitrogens with zero attached hydrogens (tertiary/aromatic N) is 3. The minimum absolute atomic E-state index is 0.0611. The largest absolute Gasteiger partial charge is 0.369 e. The fourth-order valence-electron chi connectivity index (χ4n) is 4.37. The summed E-state index contributed by atoms with van der Waals surface area (Å²) in [6.07, 6.45) is 6.50. The van der Waals surface area contributed by atoms with Crippen molar-refractivity contribution < 1.29 is 9.53 Å². The highest BCUT2D eigenvalue weighted by molar-refractivity contribution is 5.95. The van der Waals surface area contributed by atoms with Crippen molar-refractivity contribution in [2.24, 2.45) is 0 Å². The second-order valence-corrected chi connectivity index (χ2v) is 8.47. The van der Waals surface area contributed by atoms with E-state index in [2.05, 4.69) is 35.8 Å². The molecule has 1 aromatic carbocycles. The number of hydrogen-bond acceptors (Lipinski definition) is 3. The molecule has 1 amide bonds. The Balaban J connectivity index is 1.59. The summed E-state index contributed by atoms with van der Waals surface area (Å²) in [6.45, 7) is 7.25. The zero-order valence-corrected chi connectivity index (χ0v) is 16.5. The number of carbonyl (C=O) groups is 1. The molecule has 0 N–H and O–H groups in total. The van der Waals surface area contributed by atoms with Crippen LogP contribution in [0.1, 0.15) is 73.3 Å². The fraction of sp³-hybridized carbons (Fsp3) is 0.545. The summed E-state index contributed by atoms with van der Waals surface area (Å²) in [4.78, 5) is 15.4. The summed E-state index contributed by atoms with van der Waals surface area (Å²) in [7, 11) is 0. The predicted octanol–water partition coefficient (Wildman–Crippen LogP) is 4.30. The molecule has 1 saturated carbocycles. The van der Waals surface area contributed by atoms with E-state index in [9.17, 15) is 4.79 Å². The molecule has 2 fully saturated rings. The average Bonchev–Trinajstić information content (AvgIpc) is 3.31. The maximum Gasteiger partial charge on any atom is 0.257 e. The van der Waals surface area contributed by atoms with Gasteiger partial charge in [0.1, 0.15) is 6.10 Å². The highest BCUT2D eigenvalue weighted by Crippen LogP contribution is 2.34. The van der Waals surface area contributed by atoms with E-state index in [1.54, 1.807) is 6.20 Å². The van der Waals surface area contributed by atoms with Crippen LogP contribution in [0.4, 0.5) is 0 Å². The molecule has 0 radical (unpaired) electrons. The van der Waals surface area contributed by atoms with Crippen molar-refractivity contribution in [1.82, 2.24) is 14.7 Å². The van der Waals surface area contributed by atoms with Gasteiger partial charge in [0.25, 0.3) is 5.91 Å². The third kappa shape index (κ3) is 3.41. The lowest BCUT2D eigenvalue weighted by Crippen LogP contribution is -2.56. The van der Waals surface area contributed by atoms with Crippen molar-refractivity contribution >= 4 is 5.91 Å². The molecule has 1 saturated heterocycles. The quantitative estimate of drug-likeness (QED) is 0.813. The van der Waals surface area contributed by atoms with E-state index in [4.69, 9.17) is 4.74 Å². The van der Waals surface area contributed by atoms with Crippen LogP contribution in [-0.2, 0) is 4.74 Å². The molecular formula is C22H29N3O2. The first-order valence-electron chi connectivity index (χ1n) is 10.00. The summed E-state index contributed by atoms with van der Waals surface area (Å²) in [6, 6.07) is 10.6. The highest BCUT2D eigenvalue weighted by atomic mass is 16.5. The molecule has 5 nitrogen and oxygen atoms in total. The van der Waals surface area contributed by atoms with Crippen molar-refractivity contribution in [1.29, 1.82) is 0 Å². The zero-order chi connectivity index (χ0) is 19.0. The highest BCUT2D eigenvalue weighted by Gasteiger charge is 2.40. The number of morpholine rings is 1. The molecule has 1 aliphatic carbocycles. The van der Waals surface area contributed by atoms with Gasteiger partial charge in [-0.2, -0.15) is 5.10 Å². The molecule has 27 heavy (non-hydrogen) atoms. The number of amides is 1. The van der Waals surface area contributed by atoms with Gasteiger partial charge in [-0.3, -0.25) is 9.48 Å². The molecule has 0 bridgehead atoms. The van der Waals surface area contributed by atoms with Gasteiger partial charge in [0.05, 0.1) is 36.5 Å². The molecule has 0 spiro atoms. The summed E-state index contributed by atoms with van der Waals surface area (Å²) in [5.74, 6) is 0.0611. The topological polar surface area (TPSA) is 47.4 Å². The molecule has 1 aromatic heterocycles. The number of ether oxygens (including phenoxy) is 1. The second-order valence-electron chi connectivity index (χ2n) is 8.47. The lowest BCUT2D eigenvalue weighted by atomic mass is 9.97. The Morgan fingerprint density at radius 1 is 1.19 bits per heavy atom. The van der Waals surface area contributed by atoms with Crippen molar-refractivity contribution in [3.8, 4) is 0 Å². The van der Waals surface area contributed by atoms with E-state index >= 15 is 0 Å². The lowest BCUT2D eigenvalue weighted by Gasteiger charge is -2.45. The summed E-state index contributed by atoms with van der Waals surface area (Å²) in [5, 5.41) is 4.58. The molecular weight excluding hydrogens is 338 g/mol. The van der Waals surface area contributed by atoms with E-state index in [1.807, 2.05) is 30.0 Å². The van der Waals surface area contributed by atoms with Crippen LogP contribution in [0, 0.1) is 6.92 Å². The maximum absolute atomic E-state index is 13.5. The molecule has 4 rings (SSSR count). The van der Waals surface area contributed by atoms with Gasteiger partial charge in [-0.25, -0.2) is 0 Å². The second kappa shape index (κ2) is 7.12. The molecule has 2 aromatic rings. The van der Waals surface area contributed by atoms with Crippen LogP contribution >= 0.6 is 0 Å². The van der Waals surface area contributed by atoms with Gasteiger partial charge in [0.15, 0.2) is 0 Å². The molecule has 2 heterocycles. The Kier molecular flexibility index (Phi) is 4.81. The minimum atomic E-state index is -0.343. The standard InChI is InChI=1S/C22H29N3O2/c1-16-19(13-23-25(16)18-11-7-8-12-18)21(26)24-14-20(27-15-22(24,2)3)17-9-5-4-6-10-17/h4-6,9-10,13,18,20H,7-8,11-12,14-15H2,1-3H3. The molecule has 1 atom stereocenters. The van der Waals surface area contributed by atoms with Crippen LogP contribution in [-0.4, -0.2) is 39.3 Å². The molecule has 1 unspecified atom stereocenters. The SMILES string of the molecule is Cc1c(C(=O)N2CC(c3ccccc3)OCC2(C)C)cnn1C1CCCC1.